The highest BCUT2D eigenvalue weighted by atomic mass is 28.4. The van der Waals surface area contributed by atoms with Crippen molar-refractivity contribution in [3.63, 3.8) is 0 Å². The molecule has 0 unspecified atom stereocenters. The lowest BCUT2D eigenvalue weighted by Crippen LogP contribution is -2.61. The van der Waals surface area contributed by atoms with E-state index in [0.717, 1.165) is 5.56 Å². The van der Waals surface area contributed by atoms with Gasteiger partial charge >= 0.3 is 0 Å². The van der Waals surface area contributed by atoms with Gasteiger partial charge in [-0.15, -0.1) is 0 Å². The van der Waals surface area contributed by atoms with E-state index in [4.69, 9.17) is 18.6 Å². The Balaban J connectivity index is 1.70. The van der Waals surface area contributed by atoms with E-state index in [2.05, 4.69) is 33.9 Å². The Labute approximate surface area is 151 Å². The highest BCUT2D eigenvalue weighted by Gasteiger charge is 2.48. The number of rotatable bonds is 3. The van der Waals surface area contributed by atoms with Crippen LogP contribution >= 0.6 is 0 Å². The van der Waals surface area contributed by atoms with Gasteiger partial charge in [0.1, 0.15) is 18.3 Å². The van der Waals surface area contributed by atoms with Crippen molar-refractivity contribution < 1.29 is 23.7 Å². The Hall–Kier alpha value is -0.763. The molecule has 140 valence electrons. The Kier molecular flexibility index (Phi) is 5.40. The molecule has 5 atom stereocenters. The summed E-state index contributed by atoms with van der Waals surface area (Å²) in [6.45, 7) is 11.7. The highest BCUT2D eigenvalue weighted by molar-refractivity contribution is 6.74. The van der Waals surface area contributed by atoms with Gasteiger partial charge in [0, 0.05) is 5.56 Å². The van der Waals surface area contributed by atoms with Crippen LogP contribution in [0.2, 0.25) is 18.1 Å². The molecular weight excluding hydrogens is 336 g/mol. The van der Waals surface area contributed by atoms with Crippen molar-refractivity contribution in [3.8, 4) is 0 Å². The van der Waals surface area contributed by atoms with Gasteiger partial charge in [0.2, 0.25) is 0 Å². The molecule has 0 saturated carbocycles. The van der Waals surface area contributed by atoms with Gasteiger partial charge in [-0.3, -0.25) is 0 Å². The predicted molar refractivity (Wildman–Crippen MR) is 97.8 cm³/mol. The van der Waals surface area contributed by atoms with E-state index in [-0.39, 0.29) is 17.2 Å². The number of ether oxygens (including phenoxy) is 3. The normalized spacial score (nSPS) is 33.8. The van der Waals surface area contributed by atoms with Crippen molar-refractivity contribution in [1.29, 1.82) is 0 Å². The molecule has 2 saturated heterocycles. The highest BCUT2D eigenvalue weighted by Crippen LogP contribution is 2.39. The van der Waals surface area contributed by atoms with Crippen molar-refractivity contribution >= 4 is 8.32 Å². The molecular formula is C19H30O5Si. The van der Waals surface area contributed by atoms with Crippen LogP contribution in [0.4, 0.5) is 0 Å². The van der Waals surface area contributed by atoms with Gasteiger partial charge in [-0.2, -0.15) is 0 Å². The molecule has 2 aliphatic rings. The summed E-state index contributed by atoms with van der Waals surface area (Å²) in [6.07, 6.45) is -2.26. The van der Waals surface area contributed by atoms with Gasteiger partial charge in [-0.05, 0) is 18.1 Å². The summed E-state index contributed by atoms with van der Waals surface area (Å²) in [6, 6.07) is 9.78. The molecule has 0 amide bonds. The third kappa shape index (κ3) is 3.99. The molecule has 0 spiro atoms. The Morgan fingerprint density at radius 1 is 1.08 bits per heavy atom. The Morgan fingerprint density at radius 2 is 1.76 bits per heavy atom. The first-order valence-electron chi connectivity index (χ1n) is 8.98. The number of hydrogen-bond donors (Lipinski definition) is 1. The Bertz CT molecular complexity index is 571. The van der Waals surface area contributed by atoms with E-state index in [9.17, 15) is 5.11 Å². The third-order valence-electron chi connectivity index (χ3n) is 5.58. The second-order valence-corrected chi connectivity index (χ2v) is 13.2. The number of aliphatic hydroxyl groups is 1. The lowest BCUT2D eigenvalue weighted by molar-refractivity contribution is -0.312. The first-order chi connectivity index (χ1) is 11.7. The number of fused-ring (bicyclic) bond motifs is 1. The summed E-state index contributed by atoms with van der Waals surface area (Å²) in [7, 11) is -2.00. The fourth-order valence-corrected chi connectivity index (χ4v) is 4.28. The van der Waals surface area contributed by atoms with Gasteiger partial charge < -0.3 is 23.7 Å². The molecule has 2 fully saturated rings. The molecule has 3 rings (SSSR count). The summed E-state index contributed by atoms with van der Waals surface area (Å²) >= 11 is 0. The average Bonchev–Trinajstić information content (AvgIpc) is 2.57. The van der Waals surface area contributed by atoms with Crippen molar-refractivity contribution in [1.82, 2.24) is 0 Å². The van der Waals surface area contributed by atoms with Crippen molar-refractivity contribution in [2.45, 2.75) is 69.6 Å². The van der Waals surface area contributed by atoms with Gasteiger partial charge in [-0.25, -0.2) is 0 Å². The van der Waals surface area contributed by atoms with E-state index >= 15 is 0 Å². The number of benzene rings is 1. The SMILES string of the molecule is CC(C)(C)[Si](C)(C)O[C@H]1CO[C@@H]2CO[C@@H](c3ccccc3)O[C@H]2[C@@H]1O. The molecule has 25 heavy (non-hydrogen) atoms. The molecule has 6 heteroatoms. The largest absolute Gasteiger partial charge is 0.409 e. The minimum absolute atomic E-state index is 0.0761. The quantitative estimate of drug-likeness (QED) is 0.832. The van der Waals surface area contributed by atoms with Crippen LogP contribution in [0.1, 0.15) is 32.6 Å². The Morgan fingerprint density at radius 3 is 2.40 bits per heavy atom. The smallest absolute Gasteiger partial charge is 0.192 e. The summed E-state index contributed by atoms with van der Waals surface area (Å²) in [5, 5.41) is 11.0. The second-order valence-electron chi connectivity index (χ2n) is 8.46. The number of aliphatic hydroxyl groups excluding tert-OH is 1. The minimum Gasteiger partial charge on any atom is -0.409 e. The first-order valence-corrected chi connectivity index (χ1v) is 11.9. The van der Waals surface area contributed by atoms with Crippen LogP contribution in [0.15, 0.2) is 30.3 Å². The fraction of sp³-hybridized carbons (Fsp3) is 0.684. The average molecular weight is 367 g/mol. The molecule has 1 aromatic carbocycles. The molecule has 0 aromatic heterocycles. The van der Waals surface area contributed by atoms with E-state index in [0.29, 0.717) is 13.2 Å². The first kappa shape index (κ1) is 19.0. The molecule has 1 aromatic rings. The maximum Gasteiger partial charge on any atom is 0.192 e. The van der Waals surface area contributed by atoms with Crippen LogP contribution in [0, 0.1) is 0 Å². The van der Waals surface area contributed by atoms with Gasteiger partial charge in [-0.1, -0.05) is 51.1 Å². The second kappa shape index (κ2) is 7.10. The van der Waals surface area contributed by atoms with Crippen molar-refractivity contribution in [2.75, 3.05) is 13.2 Å². The maximum atomic E-state index is 10.9. The van der Waals surface area contributed by atoms with Crippen molar-refractivity contribution in [3.05, 3.63) is 35.9 Å². The zero-order valence-electron chi connectivity index (χ0n) is 15.8. The van der Waals surface area contributed by atoms with Gasteiger partial charge in [0.05, 0.1) is 19.3 Å². The molecule has 2 heterocycles. The van der Waals surface area contributed by atoms with Crippen molar-refractivity contribution in [2.24, 2.45) is 0 Å². The number of hydrogen-bond acceptors (Lipinski definition) is 5. The van der Waals surface area contributed by atoms with Crippen LogP contribution in [0.25, 0.3) is 0 Å². The summed E-state index contributed by atoms with van der Waals surface area (Å²) < 4.78 is 24.1. The summed E-state index contributed by atoms with van der Waals surface area (Å²) in [4.78, 5) is 0. The lowest BCUT2D eigenvalue weighted by Gasteiger charge is -2.47. The predicted octanol–water partition coefficient (Wildman–Crippen LogP) is 3.25. The van der Waals surface area contributed by atoms with Gasteiger partial charge in [0.15, 0.2) is 14.6 Å². The van der Waals surface area contributed by atoms with Gasteiger partial charge in [0.25, 0.3) is 0 Å². The lowest BCUT2D eigenvalue weighted by atomic mass is 9.99. The molecule has 0 aliphatic carbocycles. The molecule has 0 radical (unpaired) electrons. The third-order valence-corrected chi connectivity index (χ3v) is 10.1. The fourth-order valence-electron chi connectivity index (χ4n) is 2.96. The molecule has 5 nitrogen and oxygen atoms in total. The zero-order chi connectivity index (χ0) is 18.2. The van der Waals surface area contributed by atoms with Crippen LogP contribution in [0.3, 0.4) is 0 Å². The van der Waals surface area contributed by atoms with E-state index in [1.807, 2.05) is 30.3 Å². The van der Waals surface area contributed by atoms with Crippen LogP contribution in [-0.4, -0.2) is 51.1 Å². The minimum atomic E-state index is -2.00. The maximum absolute atomic E-state index is 10.9. The zero-order valence-corrected chi connectivity index (χ0v) is 16.8. The molecule has 0 bridgehead atoms. The standard InChI is InChI=1S/C19H30O5Si/c1-19(2,3)25(4,5)24-14-11-21-15-12-22-18(23-17(15)16(14)20)13-9-7-6-8-10-13/h6-10,14-18,20H,11-12H2,1-5H3/t14-,15+,16+,17+,18+/m0/s1. The summed E-state index contributed by atoms with van der Waals surface area (Å²) in [5.41, 5.74) is 0.945. The van der Waals surface area contributed by atoms with Crippen LogP contribution in [-0.2, 0) is 18.6 Å². The molecule has 2 aliphatic heterocycles. The topological polar surface area (TPSA) is 57.2 Å². The monoisotopic (exact) mass is 366 g/mol. The van der Waals surface area contributed by atoms with E-state index < -0.39 is 26.8 Å². The summed E-state index contributed by atoms with van der Waals surface area (Å²) in [5.74, 6) is 0. The molecule has 1 N–H and O–H groups in total. The van der Waals surface area contributed by atoms with E-state index in [1.54, 1.807) is 0 Å². The van der Waals surface area contributed by atoms with E-state index in [1.165, 1.54) is 0 Å². The van der Waals surface area contributed by atoms with Crippen LogP contribution < -0.4 is 0 Å². The van der Waals surface area contributed by atoms with Crippen LogP contribution in [0.5, 0.6) is 0 Å².